The van der Waals surface area contributed by atoms with E-state index in [0.29, 0.717) is 24.2 Å². The molecule has 2 aromatic heterocycles. The molecule has 0 saturated heterocycles. The molecule has 0 radical (unpaired) electrons. The zero-order chi connectivity index (χ0) is 9.10. The van der Waals surface area contributed by atoms with Gasteiger partial charge in [0.05, 0.1) is 12.7 Å². The minimum absolute atomic E-state index is 0.307. The van der Waals surface area contributed by atoms with Crippen molar-refractivity contribution >= 4 is 6.29 Å². The number of aromatic nitrogens is 1. The second kappa shape index (κ2) is 3.26. The van der Waals surface area contributed by atoms with Crippen molar-refractivity contribution in [1.29, 1.82) is 0 Å². The SMILES string of the molecule is O=Cc1cc(Cc2ccco2)on1. The topological polar surface area (TPSA) is 56.2 Å². The molecule has 13 heavy (non-hydrogen) atoms. The Morgan fingerprint density at radius 2 is 2.38 bits per heavy atom. The third-order valence-corrected chi connectivity index (χ3v) is 1.63. The standard InChI is InChI=1S/C9H7NO3/c11-6-7-4-9(13-10-7)5-8-2-1-3-12-8/h1-4,6H,5H2. The fraction of sp³-hybridized carbons (Fsp3) is 0.111. The molecule has 0 bridgehead atoms. The van der Waals surface area contributed by atoms with E-state index in [1.165, 1.54) is 0 Å². The lowest BCUT2D eigenvalue weighted by Gasteiger charge is -1.87. The molecule has 66 valence electrons. The molecule has 2 aromatic rings. The van der Waals surface area contributed by atoms with E-state index in [4.69, 9.17) is 8.94 Å². The van der Waals surface area contributed by atoms with Gasteiger partial charge < -0.3 is 8.94 Å². The summed E-state index contributed by atoms with van der Waals surface area (Å²) >= 11 is 0. The van der Waals surface area contributed by atoms with Gasteiger partial charge in [-0.15, -0.1) is 0 Å². The van der Waals surface area contributed by atoms with Gasteiger partial charge in [0.2, 0.25) is 0 Å². The highest BCUT2D eigenvalue weighted by Gasteiger charge is 2.05. The molecule has 0 aliphatic carbocycles. The molecule has 4 nitrogen and oxygen atoms in total. The molecule has 0 N–H and O–H groups in total. The van der Waals surface area contributed by atoms with Gasteiger partial charge in [-0.05, 0) is 12.1 Å². The molecule has 0 fully saturated rings. The Labute approximate surface area is 74.1 Å². The van der Waals surface area contributed by atoms with Gasteiger partial charge in [0.25, 0.3) is 0 Å². The third-order valence-electron chi connectivity index (χ3n) is 1.63. The summed E-state index contributed by atoms with van der Waals surface area (Å²) in [7, 11) is 0. The van der Waals surface area contributed by atoms with E-state index in [1.807, 2.05) is 6.07 Å². The van der Waals surface area contributed by atoms with Crippen molar-refractivity contribution in [3.8, 4) is 0 Å². The van der Waals surface area contributed by atoms with Crippen LogP contribution in [0.2, 0.25) is 0 Å². The number of aldehydes is 1. The van der Waals surface area contributed by atoms with Crippen LogP contribution in [0.15, 0.2) is 33.4 Å². The van der Waals surface area contributed by atoms with E-state index < -0.39 is 0 Å². The number of hydrogen-bond donors (Lipinski definition) is 0. The summed E-state index contributed by atoms with van der Waals surface area (Å²) in [5, 5.41) is 3.53. The number of rotatable bonds is 3. The average Bonchev–Trinajstić information content (AvgIpc) is 2.76. The number of carbonyl (C=O) groups excluding carboxylic acids is 1. The van der Waals surface area contributed by atoms with Crippen molar-refractivity contribution in [1.82, 2.24) is 5.16 Å². The molecule has 2 rings (SSSR count). The first kappa shape index (κ1) is 7.79. The molecule has 0 aliphatic heterocycles. The first-order valence-electron chi connectivity index (χ1n) is 3.81. The van der Waals surface area contributed by atoms with E-state index in [-0.39, 0.29) is 0 Å². The van der Waals surface area contributed by atoms with Crippen LogP contribution in [0.5, 0.6) is 0 Å². The first-order chi connectivity index (χ1) is 6.38. The molecule has 4 heteroatoms. The molecule has 0 aromatic carbocycles. The Morgan fingerprint density at radius 1 is 1.46 bits per heavy atom. The maximum absolute atomic E-state index is 10.3. The zero-order valence-corrected chi connectivity index (χ0v) is 6.77. The van der Waals surface area contributed by atoms with Gasteiger partial charge in [0.15, 0.2) is 6.29 Å². The van der Waals surface area contributed by atoms with Crippen LogP contribution in [-0.4, -0.2) is 11.4 Å². The minimum Gasteiger partial charge on any atom is -0.469 e. The van der Waals surface area contributed by atoms with Crippen LogP contribution in [0.3, 0.4) is 0 Å². The summed E-state index contributed by atoms with van der Waals surface area (Å²) in [4.78, 5) is 10.3. The van der Waals surface area contributed by atoms with Crippen LogP contribution in [0.4, 0.5) is 0 Å². The lowest BCUT2D eigenvalue weighted by molar-refractivity contribution is 0.111. The fourth-order valence-electron chi connectivity index (χ4n) is 1.05. The maximum atomic E-state index is 10.3. The summed E-state index contributed by atoms with van der Waals surface area (Å²) in [6, 6.07) is 5.23. The smallest absolute Gasteiger partial charge is 0.171 e. The number of nitrogens with zero attached hydrogens (tertiary/aromatic N) is 1. The van der Waals surface area contributed by atoms with Crippen molar-refractivity contribution < 1.29 is 13.7 Å². The van der Waals surface area contributed by atoms with Crippen molar-refractivity contribution in [2.45, 2.75) is 6.42 Å². The van der Waals surface area contributed by atoms with Gasteiger partial charge in [0, 0.05) is 6.07 Å². The van der Waals surface area contributed by atoms with Gasteiger partial charge in [-0.1, -0.05) is 5.16 Å². The average molecular weight is 177 g/mol. The van der Waals surface area contributed by atoms with E-state index >= 15 is 0 Å². The zero-order valence-electron chi connectivity index (χ0n) is 6.77. The summed E-state index contributed by atoms with van der Waals surface area (Å²) in [5.41, 5.74) is 0.307. The normalized spacial score (nSPS) is 10.2. The van der Waals surface area contributed by atoms with Gasteiger partial charge in [0.1, 0.15) is 17.2 Å². The molecule has 0 unspecified atom stereocenters. The van der Waals surface area contributed by atoms with Crippen LogP contribution >= 0.6 is 0 Å². The molecule has 2 heterocycles. The minimum atomic E-state index is 0.307. The number of hydrogen-bond acceptors (Lipinski definition) is 4. The Hall–Kier alpha value is -1.84. The molecule has 0 spiro atoms. The van der Waals surface area contributed by atoms with Gasteiger partial charge >= 0.3 is 0 Å². The fourth-order valence-corrected chi connectivity index (χ4v) is 1.05. The Balaban J connectivity index is 2.14. The van der Waals surface area contributed by atoms with Crippen LogP contribution < -0.4 is 0 Å². The number of furan rings is 1. The third kappa shape index (κ3) is 1.66. The van der Waals surface area contributed by atoms with Crippen molar-refractivity contribution in [2.75, 3.05) is 0 Å². The monoisotopic (exact) mass is 177 g/mol. The van der Waals surface area contributed by atoms with E-state index in [2.05, 4.69) is 5.16 Å². The quantitative estimate of drug-likeness (QED) is 0.669. The molecule has 0 saturated carbocycles. The molecule has 0 atom stereocenters. The van der Waals surface area contributed by atoms with E-state index in [0.717, 1.165) is 5.76 Å². The largest absolute Gasteiger partial charge is 0.469 e. The molecule has 0 aliphatic rings. The van der Waals surface area contributed by atoms with Crippen molar-refractivity contribution in [3.05, 3.63) is 41.7 Å². The highest BCUT2D eigenvalue weighted by Crippen LogP contribution is 2.10. The van der Waals surface area contributed by atoms with Gasteiger partial charge in [-0.25, -0.2) is 0 Å². The maximum Gasteiger partial charge on any atom is 0.171 e. The molecular formula is C9H7NO3. The lowest BCUT2D eigenvalue weighted by Crippen LogP contribution is -1.80. The van der Waals surface area contributed by atoms with Crippen LogP contribution in [-0.2, 0) is 6.42 Å². The summed E-state index contributed by atoms with van der Waals surface area (Å²) in [5.74, 6) is 1.41. The predicted octanol–water partition coefficient (Wildman–Crippen LogP) is 1.67. The Morgan fingerprint density at radius 3 is 3.00 bits per heavy atom. The highest BCUT2D eigenvalue weighted by atomic mass is 16.5. The number of carbonyl (C=O) groups is 1. The summed E-state index contributed by atoms with van der Waals surface area (Å²) in [6.07, 6.45) is 2.76. The van der Waals surface area contributed by atoms with Crippen LogP contribution in [0.1, 0.15) is 22.0 Å². The first-order valence-corrected chi connectivity index (χ1v) is 3.81. The van der Waals surface area contributed by atoms with Crippen LogP contribution in [0, 0.1) is 0 Å². The summed E-state index contributed by atoms with van der Waals surface area (Å²) in [6.45, 7) is 0. The Kier molecular flexibility index (Phi) is 1.96. The van der Waals surface area contributed by atoms with Crippen molar-refractivity contribution in [2.24, 2.45) is 0 Å². The van der Waals surface area contributed by atoms with Gasteiger partial charge in [-0.2, -0.15) is 0 Å². The second-order valence-corrected chi connectivity index (χ2v) is 2.59. The Bertz CT molecular complexity index is 389. The molecule has 0 amide bonds. The summed E-state index contributed by atoms with van der Waals surface area (Å²) < 4.78 is 9.99. The highest BCUT2D eigenvalue weighted by molar-refractivity contribution is 5.71. The predicted molar refractivity (Wildman–Crippen MR) is 43.4 cm³/mol. The van der Waals surface area contributed by atoms with Crippen molar-refractivity contribution in [3.63, 3.8) is 0 Å². The lowest BCUT2D eigenvalue weighted by atomic mass is 10.2. The molecular weight excluding hydrogens is 170 g/mol. The van der Waals surface area contributed by atoms with Gasteiger partial charge in [-0.3, -0.25) is 4.79 Å². The van der Waals surface area contributed by atoms with E-state index in [1.54, 1.807) is 18.4 Å². The van der Waals surface area contributed by atoms with Crippen LogP contribution in [0.25, 0.3) is 0 Å². The van der Waals surface area contributed by atoms with E-state index in [9.17, 15) is 4.79 Å². The second-order valence-electron chi connectivity index (χ2n) is 2.59.